The van der Waals surface area contributed by atoms with Crippen LogP contribution in [0.25, 0.3) is 16.9 Å². The first-order chi connectivity index (χ1) is 15.3. The van der Waals surface area contributed by atoms with Gasteiger partial charge in [-0.1, -0.05) is 24.3 Å². The molecule has 2 heterocycles. The number of rotatable bonds is 7. The zero-order chi connectivity index (χ0) is 22.8. The molecular weight excluding hydrogens is 410 g/mol. The molecule has 2 aromatic heterocycles. The molecule has 0 spiro atoms. The number of benzene rings is 2. The number of ether oxygens (including phenoxy) is 1. The summed E-state index contributed by atoms with van der Waals surface area (Å²) < 4.78 is 7.43. The van der Waals surface area contributed by atoms with Gasteiger partial charge in [0.25, 0.3) is 11.6 Å². The lowest BCUT2D eigenvalue weighted by atomic mass is 10.1. The molecule has 9 heteroatoms. The SMILES string of the molecule is Cc1cccc(C)c1Nc1c(-c2ccc([N+](=O)[O-])cc2OCC(N)=O)nc2ccccn12. The van der Waals surface area contributed by atoms with Gasteiger partial charge >= 0.3 is 0 Å². The number of carbonyl (C=O) groups is 1. The summed E-state index contributed by atoms with van der Waals surface area (Å²) in [6.45, 7) is 3.60. The van der Waals surface area contributed by atoms with Crippen LogP contribution in [-0.2, 0) is 4.79 Å². The second-order valence-electron chi connectivity index (χ2n) is 7.32. The first-order valence-corrected chi connectivity index (χ1v) is 9.85. The van der Waals surface area contributed by atoms with Crippen LogP contribution in [0.15, 0.2) is 60.8 Å². The molecule has 0 fully saturated rings. The van der Waals surface area contributed by atoms with Crippen molar-refractivity contribution in [1.29, 1.82) is 0 Å². The van der Waals surface area contributed by atoms with Crippen molar-refractivity contribution in [1.82, 2.24) is 9.38 Å². The van der Waals surface area contributed by atoms with Crippen LogP contribution in [0.5, 0.6) is 5.75 Å². The lowest BCUT2D eigenvalue weighted by molar-refractivity contribution is -0.384. The molecule has 4 aromatic rings. The summed E-state index contributed by atoms with van der Waals surface area (Å²) >= 11 is 0. The minimum Gasteiger partial charge on any atom is -0.483 e. The van der Waals surface area contributed by atoms with Gasteiger partial charge in [0.1, 0.15) is 22.9 Å². The van der Waals surface area contributed by atoms with Crippen molar-refractivity contribution in [2.75, 3.05) is 11.9 Å². The summed E-state index contributed by atoms with van der Waals surface area (Å²) in [5, 5.41) is 14.8. The predicted molar refractivity (Wildman–Crippen MR) is 121 cm³/mol. The summed E-state index contributed by atoms with van der Waals surface area (Å²) in [6, 6.07) is 15.8. The molecule has 0 unspecified atom stereocenters. The van der Waals surface area contributed by atoms with Crippen LogP contribution in [0.4, 0.5) is 17.2 Å². The monoisotopic (exact) mass is 431 g/mol. The van der Waals surface area contributed by atoms with Crippen LogP contribution < -0.4 is 15.8 Å². The molecule has 32 heavy (non-hydrogen) atoms. The van der Waals surface area contributed by atoms with Crippen LogP contribution in [0.2, 0.25) is 0 Å². The molecule has 4 rings (SSSR count). The van der Waals surface area contributed by atoms with E-state index in [1.54, 1.807) is 6.07 Å². The lowest BCUT2D eigenvalue weighted by Gasteiger charge is -2.15. The third-order valence-electron chi connectivity index (χ3n) is 5.06. The molecule has 0 radical (unpaired) electrons. The van der Waals surface area contributed by atoms with Gasteiger partial charge in [-0.25, -0.2) is 4.98 Å². The molecule has 0 bridgehead atoms. The number of pyridine rings is 1. The number of nitrogens with one attached hydrogen (secondary N) is 1. The molecule has 3 N–H and O–H groups in total. The van der Waals surface area contributed by atoms with Crippen molar-refractivity contribution in [2.24, 2.45) is 5.73 Å². The molecule has 1 amide bonds. The molecule has 0 atom stereocenters. The van der Waals surface area contributed by atoms with Gasteiger partial charge in [0.2, 0.25) is 0 Å². The van der Waals surface area contributed by atoms with E-state index in [1.165, 1.54) is 12.1 Å². The number of aryl methyl sites for hydroxylation is 2. The number of carbonyl (C=O) groups excluding carboxylic acids is 1. The van der Waals surface area contributed by atoms with Gasteiger partial charge in [-0.2, -0.15) is 0 Å². The van der Waals surface area contributed by atoms with Gasteiger partial charge in [-0.15, -0.1) is 0 Å². The first kappa shape index (κ1) is 20.9. The number of imidazole rings is 1. The highest BCUT2D eigenvalue weighted by Gasteiger charge is 2.21. The number of aromatic nitrogens is 2. The van der Waals surface area contributed by atoms with E-state index in [0.29, 0.717) is 22.7 Å². The minimum absolute atomic E-state index is 0.144. The molecule has 0 aliphatic heterocycles. The smallest absolute Gasteiger partial charge is 0.273 e. The molecule has 0 saturated carbocycles. The maximum atomic E-state index is 11.3. The van der Waals surface area contributed by atoms with Gasteiger partial charge < -0.3 is 15.8 Å². The third kappa shape index (κ3) is 3.95. The Morgan fingerprint density at radius 3 is 2.59 bits per heavy atom. The molecule has 0 aliphatic carbocycles. The van der Waals surface area contributed by atoms with Crippen molar-refractivity contribution in [3.63, 3.8) is 0 Å². The lowest BCUT2D eigenvalue weighted by Crippen LogP contribution is -2.20. The molecule has 9 nitrogen and oxygen atoms in total. The topological polar surface area (TPSA) is 125 Å². The van der Waals surface area contributed by atoms with Crippen LogP contribution >= 0.6 is 0 Å². The van der Waals surface area contributed by atoms with E-state index in [-0.39, 0.29) is 11.4 Å². The van der Waals surface area contributed by atoms with E-state index in [9.17, 15) is 14.9 Å². The van der Waals surface area contributed by atoms with Crippen LogP contribution in [0.1, 0.15) is 11.1 Å². The Labute approximate surface area is 183 Å². The average molecular weight is 431 g/mol. The molecule has 0 saturated heterocycles. The number of nitrogens with zero attached hydrogens (tertiary/aromatic N) is 3. The molecular formula is C23H21N5O4. The van der Waals surface area contributed by atoms with Crippen LogP contribution in [0.3, 0.4) is 0 Å². The normalized spacial score (nSPS) is 10.8. The number of hydrogen-bond acceptors (Lipinski definition) is 6. The summed E-state index contributed by atoms with van der Waals surface area (Å²) in [5.74, 6) is 0.119. The number of nitro groups is 1. The number of fused-ring (bicyclic) bond motifs is 1. The number of anilines is 2. The van der Waals surface area contributed by atoms with Gasteiger partial charge in [0.15, 0.2) is 6.61 Å². The minimum atomic E-state index is -0.689. The summed E-state index contributed by atoms with van der Waals surface area (Å²) in [5.41, 5.74) is 9.79. The average Bonchev–Trinajstić information content (AvgIpc) is 3.12. The van der Waals surface area contributed by atoms with E-state index in [2.05, 4.69) is 5.32 Å². The highest BCUT2D eigenvalue weighted by atomic mass is 16.6. The Morgan fingerprint density at radius 2 is 1.91 bits per heavy atom. The van der Waals surface area contributed by atoms with Crippen LogP contribution in [0, 0.1) is 24.0 Å². The second kappa shape index (κ2) is 8.38. The molecule has 2 aromatic carbocycles. The van der Waals surface area contributed by atoms with Crippen LogP contribution in [-0.4, -0.2) is 26.8 Å². The molecule has 0 aliphatic rings. The Balaban J connectivity index is 1.92. The maximum absolute atomic E-state index is 11.3. The summed E-state index contributed by atoms with van der Waals surface area (Å²) in [4.78, 5) is 26.8. The third-order valence-corrected chi connectivity index (χ3v) is 5.06. The maximum Gasteiger partial charge on any atom is 0.273 e. The number of primary amides is 1. The number of nitro benzene ring substituents is 1. The van der Waals surface area contributed by atoms with E-state index in [0.717, 1.165) is 16.8 Å². The number of nitrogens with two attached hydrogens (primary N) is 1. The fourth-order valence-electron chi connectivity index (χ4n) is 3.52. The Bertz CT molecular complexity index is 1330. The Morgan fingerprint density at radius 1 is 1.16 bits per heavy atom. The summed E-state index contributed by atoms with van der Waals surface area (Å²) in [7, 11) is 0. The van der Waals surface area contributed by atoms with Gasteiger partial charge in [0.05, 0.1) is 11.0 Å². The van der Waals surface area contributed by atoms with Crippen molar-refractivity contribution in [2.45, 2.75) is 13.8 Å². The quantitative estimate of drug-likeness (QED) is 0.335. The zero-order valence-corrected chi connectivity index (χ0v) is 17.5. The largest absolute Gasteiger partial charge is 0.483 e. The van der Waals surface area contributed by atoms with Gasteiger partial charge in [-0.05, 0) is 43.2 Å². The molecule has 162 valence electrons. The Hall–Kier alpha value is -4.40. The van der Waals surface area contributed by atoms with Crippen molar-refractivity contribution in [3.05, 3.63) is 82.0 Å². The number of non-ortho nitro benzene ring substituents is 1. The van der Waals surface area contributed by atoms with E-state index >= 15 is 0 Å². The predicted octanol–water partition coefficient (Wildman–Crippen LogP) is 4.13. The van der Waals surface area contributed by atoms with E-state index < -0.39 is 17.4 Å². The van der Waals surface area contributed by atoms with Gasteiger partial charge in [0, 0.05) is 23.5 Å². The van der Waals surface area contributed by atoms with Crippen molar-refractivity contribution in [3.8, 4) is 17.0 Å². The fraction of sp³-hybridized carbons (Fsp3) is 0.130. The van der Waals surface area contributed by atoms with Crippen molar-refractivity contribution >= 4 is 28.7 Å². The number of hydrogen-bond donors (Lipinski definition) is 2. The zero-order valence-electron chi connectivity index (χ0n) is 17.5. The first-order valence-electron chi connectivity index (χ1n) is 9.85. The summed E-state index contributed by atoms with van der Waals surface area (Å²) in [6.07, 6.45) is 1.87. The van der Waals surface area contributed by atoms with Gasteiger partial charge in [-0.3, -0.25) is 19.3 Å². The number of amides is 1. The second-order valence-corrected chi connectivity index (χ2v) is 7.32. The Kier molecular flexibility index (Phi) is 5.46. The highest BCUT2D eigenvalue weighted by molar-refractivity contribution is 5.84. The van der Waals surface area contributed by atoms with Crippen molar-refractivity contribution < 1.29 is 14.5 Å². The highest BCUT2D eigenvalue weighted by Crippen LogP contribution is 2.39. The number of para-hydroxylation sites is 1. The standard InChI is InChI=1S/C23H21N5O4/c1-14-6-5-7-15(2)21(14)26-23-22(25-20-8-3-4-11-27(20)23)17-10-9-16(28(30)31)12-18(17)32-13-19(24)29/h3-12,26H,13H2,1-2H3,(H2,24,29). The fourth-order valence-corrected chi connectivity index (χ4v) is 3.52. The van der Waals surface area contributed by atoms with E-state index in [1.807, 2.05) is 60.8 Å². The van der Waals surface area contributed by atoms with E-state index in [4.69, 9.17) is 15.5 Å².